The third kappa shape index (κ3) is 5.68. The molecular formula is C28H37NO5Si. The van der Waals surface area contributed by atoms with Gasteiger partial charge in [0.15, 0.2) is 0 Å². The molecule has 2 aromatic rings. The second kappa shape index (κ2) is 11.1. The van der Waals surface area contributed by atoms with Crippen LogP contribution in [-0.2, 0) is 18.7 Å². The lowest BCUT2D eigenvalue weighted by atomic mass is 9.94. The number of carbonyl (C=O) groups excluding carboxylic acids is 2. The zero-order chi connectivity index (χ0) is 24.9. The van der Waals surface area contributed by atoms with E-state index in [1.165, 1.54) is 15.3 Å². The number of benzene rings is 2. The first-order valence-corrected chi connectivity index (χ1v) is 14.6. The first-order valence-electron chi connectivity index (χ1n) is 12.6. The van der Waals surface area contributed by atoms with E-state index < -0.39 is 14.4 Å². The Bertz CT molecular complexity index is 944. The van der Waals surface area contributed by atoms with Crippen LogP contribution in [0.4, 0.5) is 4.79 Å². The summed E-state index contributed by atoms with van der Waals surface area (Å²) in [7, 11) is -2.53. The number of carbonyl (C=O) groups is 2. The van der Waals surface area contributed by atoms with E-state index in [0.717, 1.165) is 19.3 Å². The van der Waals surface area contributed by atoms with Crippen LogP contribution in [0.25, 0.3) is 0 Å². The van der Waals surface area contributed by atoms with Crippen molar-refractivity contribution in [2.75, 3.05) is 26.4 Å². The Morgan fingerprint density at radius 3 is 2.14 bits per heavy atom. The number of nitrogens with zero attached hydrogens (tertiary/aromatic N) is 1. The predicted molar refractivity (Wildman–Crippen MR) is 138 cm³/mol. The maximum absolute atomic E-state index is 12.4. The van der Waals surface area contributed by atoms with E-state index in [1.807, 2.05) is 0 Å². The molecule has 6 nitrogen and oxygen atoms in total. The van der Waals surface area contributed by atoms with Crippen LogP contribution in [0.2, 0.25) is 5.04 Å². The van der Waals surface area contributed by atoms with Gasteiger partial charge in [-0.05, 0) is 40.6 Å². The third-order valence-electron chi connectivity index (χ3n) is 7.19. The average molecular weight is 496 g/mol. The van der Waals surface area contributed by atoms with Crippen LogP contribution in [0.1, 0.15) is 46.5 Å². The SMILES string of the molecule is CC(C)(C)[Si](OCC[C@@H]1CC[C@H](CC(=O)N2CCOC2=O)OC1)(c1ccccc1)c1ccccc1. The molecule has 35 heavy (non-hydrogen) atoms. The van der Waals surface area contributed by atoms with Crippen molar-refractivity contribution in [2.45, 2.75) is 57.6 Å². The van der Waals surface area contributed by atoms with E-state index in [0.29, 0.717) is 25.7 Å². The standard InChI is InChI=1S/C28H37NO5Si/c1-28(2,3)35(24-10-6-4-7-11-24,25-12-8-5-9-13-25)34-18-16-22-14-15-23(33-21-22)20-26(30)29-17-19-32-27(29)31/h4-13,22-23H,14-21H2,1-3H3/t22-,23+/m0/s1. The summed E-state index contributed by atoms with van der Waals surface area (Å²) < 4.78 is 17.9. The van der Waals surface area contributed by atoms with Crippen molar-refractivity contribution < 1.29 is 23.5 Å². The van der Waals surface area contributed by atoms with Crippen LogP contribution < -0.4 is 10.4 Å². The van der Waals surface area contributed by atoms with Gasteiger partial charge < -0.3 is 13.9 Å². The van der Waals surface area contributed by atoms with Gasteiger partial charge in [0.25, 0.3) is 8.32 Å². The fraction of sp³-hybridized carbons (Fsp3) is 0.500. The molecule has 0 bridgehead atoms. The molecule has 0 aliphatic carbocycles. The Hall–Kier alpha value is -2.48. The second-order valence-corrected chi connectivity index (χ2v) is 14.9. The summed E-state index contributed by atoms with van der Waals surface area (Å²) in [5.41, 5.74) is 0. The molecular weight excluding hydrogens is 458 g/mol. The molecule has 2 heterocycles. The van der Waals surface area contributed by atoms with Gasteiger partial charge >= 0.3 is 6.09 Å². The highest BCUT2D eigenvalue weighted by Crippen LogP contribution is 2.37. The minimum Gasteiger partial charge on any atom is -0.447 e. The van der Waals surface area contributed by atoms with Gasteiger partial charge in [0.1, 0.15) is 6.61 Å². The zero-order valence-corrected chi connectivity index (χ0v) is 22.1. The molecule has 0 radical (unpaired) electrons. The van der Waals surface area contributed by atoms with Gasteiger partial charge in [-0.15, -0.1) is 0 Å². The highest BCUT2D eigenvalue weighted by Gasteiger charge is 2.50. The molecule has 0 unspecified atom stereocenters. The maximum atomic E-state index is 12.4. The van der Waals surface area contributed by atoms with Gasteiger partial charge in [0, 0.05) is 13.2 Å². The Labute approximate surface area is 209 Å². The number of cyclic esters (lactones) is 1. The maximum Gasteiger partial charge on any atom is 0.416 e. The van der Waals surface area contributed by atoms with Crippen LogP contribution in [0.15, 0.2) is 60.7 Å². The van der Waals surface area contributed by atoms with Crippen LogP contribution in [0.3, 0.4) is 0 Å². The monoisotopic (exact) mass is 495 g/mol. The van der Waals surface area contributed by atoms with Crippen molar-refractivity contribution in [3.8, 4) is 0 Å². The van der Waals surface area contributed by atoms with Gasteiger partial charge in [-0.1, -0.05) is 81.4 Å². The topological polar surface area (TPSA) is 65.1 Å². The lowest BCUT2D eigenvalue weighted by Crippen LogP contribution is -2.66. The lowest BCUT2D eigenvalue weighted by Gasteiger charge is -2.43. The van der Waals surface area contributed by atoms with Crippen molar-refractivity contribution >= 4 is 30.7 Å². The van der Waals surface area contributed by atoms with Crippen molar-refractivity contribution in [1.29, 1.82) is 0 Å². The molecule has 4 rings (SSSR count). The minimum atomic E-state index is -2.53. The fourth-order valence-electron chi connectivity index (χ4n) is 5.31. The van der Waals surface area contributed by atoms with Crippen molar-refractivity contribution in [3.63, 3.8) is 0 Å². The van der Waals surface area contributed by atoms with Crippen LogP contribution in [-0.4, -0.2) is 57.7 Å². The molecule has 2 aliphatic rings. The summed E-state index contributed by atoms with van der Waals surface area (Å²) in [6, 6.07) is 21.4. The van der Waals surface area contributed by atoms with Crippen molar-refractivity contribution in [2.24, 2.45) is 5.92 Å². The predicted octanol–water partition coefficient (Wildman–Crippen LogP) is 4.12. The normalized spacial score (nSPS) is 21.1. The third-order valence-corrected chi connectivity index (χ3v) is 12.2. The van der Waals surface area contributed by atoms with Gasteiger partial charge in [-0.3, -0.25) is 4.79 Å². The Balaban J connectivity index is 1.37. The summed E-state index contributed by atoms with van der Waals surface area (Å²) in [5, 5.41) is 2.54. The first kappa shape index (κ1) is 25.6. The van der Waals surface area contributed by atoms with Crippen LogP contribution >= 0.6 is 0 Å². The molecule has 0 saturated carbocycles. The largest absolute Gasteiger partial charge is 0.447 e. The number of hydrogen-bond acceptors (Lipinski definition) is 5. The van der Waals surface area contributed by atoms with E-state index in [4.69, 9.17) is 13.9 Å². The summed E-state index contributed by atoms with van der Waals surface area (Å²) in [6.45, 7) is 8.79. The minimum absolute atomic E-state index is 0.0407. The molecule has 2 saturated heterocycles. The first-order chi connectivity index (χ1) is 16.8. The van der Waals surface area contributed by atoms with Gasteiger partial charge in [-0.2, -0.15) is 0 Å². The van der Waals surface area contributed by atoms with Crippen LogP contribution in [0.5, 0.6) is 0 Å². The molecule has 2 fully saturated rings. The quantitative estimate of drug-likeness (QED) is 0.516. The van der Waals surface area contributed by atoms with Gasteiger partial charge in [0.05, 0.1) is 19.1 Å². The number of hydrogen-bond donors (Lipinski definition) is 0. The molecule has 188 valence electrons. The Morgan fingerprint density at radius 2 is 1.66 bits per heavy atom. The van der Waals surface area contributed by atoms with E-state index in [-0.39, 0.29) is 30.1 Å². The summed E-state index contributed by atoms with van der Waals surface area (Å²) in [4.78, 5) is 25.2. The highest BCUT2D eigenvalue weighted by atomic mass is 28.4. The van der Waals surface area contributed by atoms with Gasteiger partial charge in [-0.25, -0.2) is 9.69 Å². The average Bonchev–Trinajstić information content (AvgIpc) is 3.29. The van der Waals surface area contributed by atoms with Gasteiger partial charge in [0.2, 0.25) is 5.91 Å². The Kier molecular flexibility index (Phi) is 8.09. The fourth-order valence-corrected chi connectivity index (χ4v) is 9.89. The molecule has 2 amide bonds. The number of imide groups is 1. The summed E-state index contributed by atoms with van der Waals surface area (Å²) in [5.74, 6) is 0.197. The molecule has 2 aliphatic heterocycles. The second-order valence-electron chi connectivity index (χ2n) is 10.6. The smallest absolute Gasteiger partial charge is 0.416 e. The van der Waals surface area contributed by atoms with E-state index in [2.05, 4.69) is 81.4 Å². The van der Waals surface area contributed by atoms with Crippen LogP contribution in [0, 0.1) is 5.92 Å². The van der Waals surface area contributed by atoms with Crippen molar-refractivity contribution in [3.05, 3.63) is 60.7 Å². The van der Waals surface area contributed by atoms with E-state index in [1.54, 1.807) is 0 Å². The lowest BCUT2D eigenvalue weighted by molar-refractivity contribution is -0.132. The van der Waals surface area contributed by atoms with Crippen molar-refractivity contribution in [1.82, 2.24) is 4.90 Å². The summed E-state index contributed by atoms with van der Waals surface area (Å²) >= 11 is 0. The molecule has 0 spiro atoms. The molecule has 0 N–H and O–H groups in total. The zero-order valence-electron chi connectivity index (χ0n) is 21.1. The molecule has 2 aromatic carbocycles. The summed E-state index contributed by atoms with van der Waals surface area (Å²) in [6.07, 6.45) is 2.29. The Morgan fingerprint density at radius 1 is 1.03 bits per heavy atom. The molecule has 0 aromatic heterocycles. The number of rotatable bonds is 8. The highest BCUT2D eigenvalue weighted by molar-refractivity contribution is 6.99. The molecule has 2 atom stereocenters. The van der Waals surface area contributed by atoms with E-state index in [9.17, 15) is 9.59 Å². The number of amides is 2. The molecule has 7 heteroatoms. The van der Waals surface area contributed by atoms with E-state index >= 15 is 0 Å². The number of ether oxygens (including phenoxy) is 2.